The Morgan fingerprint density at radius 1 is 1.69 bits per heavy atom. The first-order valence-corrected chi connectivity index (χ1v) is 4.41. The molecule has 1 fully saturated rings. The van der Waals surface area contributed by atoms with Crippen LogP contribution in [0.3, 0.4) is 0 Å². The zero-order valence-corrected chi connectivity index (χ0v) is 7.94. The van der Waals surface area contributed by atoms with Crippen LogP contribution in [0.1, 0.15) is 0 Å². The van der Waals surface area contributed by atoms with Gasteiger partial charge in [-0.1, -0.05) is 6.58 Å². The van der Waals surface area contributed by atoms with E-state index in [1.54, 1.807) is 4.90 Å². The van der Waals surface area contributed by atoms with Gasteiger partial charge in [-0.15, -0.1) is 0 Å². The molecule has 0 bridgehead atoms. The van der Waals surface area contributed by atoms with Gasteiger partial charge in [0.2, 0.25) is 5.91 Å². The molecule has 1 atom stereocenters. The van der Waals surface area contributed by atoms with Gasteiger partial charge in [-0.05, 0) is 13.1 Å². The number of amides is 1. The van der Waals surface area contributed by atoms with Crippen molar-refractivity contribution in [3.63, 3.8) is 0 Å². The molecule has 1 saturated heterocycles. The SMILES string of the molecule is C=CC(=O)N1CCN(C)CC1CO. The molecule has 1 aliphatic heterocycles. The highest BCUT2D eigenvalue weighted by atomic mass is 16.3. The van der Waals surface area contributed by atoms with Crippen LogP contribution in [0.25, 0.3) is 0 Å². The van der Waals surface area contributed by atoms with E-state index in [4.69, 9.17) is 5.11 Å². The maximum absolute atomic E-state index is 11.3. The number of carbonyl (C=O) groups excluding carboxylic acids is 1. The highest BCUT2D eigenvalue weighted by Crippen LogP contribution is 2.08. The van der Waals surface area contributed by atoms with E-state index in [9.17, 15) is 4.79 Å². The molecule has 0 aromatic carbocycles. The van der Waals surface area contributed by atoms with Crippen molar-refractivity contribution >= 4 is 5.91 Å². The molecular formula is C9H16N2O2. The second-order valence-corrected chi connectivity index (χ2v) is 3.33. The van der Waals surface area contributed by atoms with Crippen molar-refractivity contribution < 1.29 is 9.90 Å². The van der Waals surface area contributed by atoms with E-state index in [1.807, 2.05) is 7.05 Å². The summed E-state index contributed by atoms with van der Waals surface area (Å²) in [7, 11) is 1.98. The third kappa shape index (κ3) is 2.29. The lowest BCUT2D eigenvalue weighted by Gasteiger charge is -2.38. The molecule has 1 rings (SSSR count). The smallest absolute Gasteiger partial charge is 0.246 e. The fourth-order valence-electron chi connectivity index (χ4n) is 1.57. The van der Waals surface area contributed by atoms with Crippen LogP contribution in [0, 0.1) is 0 Å². The number of likely N-dealkylation sites (N-methyl/N-ethyl adjacent to an activating group) is 1. The van der Waals surface area contributed by atoms with Crippen molar-refractivity contribution in [2.75, 3.05) is 33.3 Å². The average Bonchev–Trinajstić information content (AvgIpc) is 2.16. The fraction of sp³-hybridized carbons (Fsp3) is 0.667. The van der Waals surface area contributed by atoms with Crippen molar-refractivity contribution in [2.45, 2.75) is 6.04 Å². The number of aliphatic hydroxyl groups excluding tert-OH is 1. The van der Waals surface area contributed by atoms with Gasteiger partial charge in [0, 0.05) is 19.6 Å². The summed E-state index contributed by atoms with van der Waals surface area (Å²) >= 11 is 0. The van der Waals surface area contributed by atoms with Gasteiger partial charge < -0.3 is 14.9 Å². The average molecular weight is 184 g/mol. The Morgan fingerprint density at radius 2 is 2.38 bits per heavy atom. The minimum absolute atomic E-state index is 0.0178. The second-order valence-electron chi connectivity index (χ2n) is 3.33. The normalized spacial score (nSPS) is 24.5. The number of hydrogen-bond donors (Lipinski definition) is 1. The van der Waals surface area contributed by atoms with Gasteiger partial charge in [0.15, 0.2) is 0 Å². The standard InChI is InChI=1S/C9H16N2O2/c1-3-9(13)11-5-4-10(2)6-8(11)7-12/h3,8,12H,1,4-7H2,2H3. The third-order valence-electron chi connectivity index (χ3n) is 2.35. The van der Waals surface area contributed by atoms with Crippen LogP contribution in [0.15, 0.2) is 12.7 Å². The Kier molecular flexibility index (Phi) is 3.45. The first-order valence-electron chi connectivity index (χ1n) is 4.41. The monoisotopic (exact) mass is 184 g/mol. The lowest BCUT2D eigenvalue weighted by Crippen LogP contribution is -2.55. The van der Waals surface area contributed by atoms with E-state index in [0.717, 1.165) is 13.1 Å². The summed E-state index contributed by atoms with van der Waals surface area (Å²) in [6, 6.07) is -0.0794. The first kappa shape index (κ1) is 10.2. The summed E-state index contributed by atoms with van der Waals surface area (Å²) in [5.74, 6) is -0.0906. The summed E-state index contributed by atoms with van der Waals surface area (Å²) in [5.41, 5.74) is 0. The number of carbonyl (C=O) groups is 1. The Morgan fingerprint density at radius 3 is 2.92 bits per heavy atom. The molecule has 4 heteroatoms. The van der Waals surface area contributed by atoms with Gasteiger partial charge in [-0.25, -0.2) is 0 Å². The predicted molar refractivity (Wildman–Crippen MR) is 50.3 cm³/mol. The zero-order valence-electron chi connectivity index (χ0n) is 7.94. The number of aliphatic hydroxyl groups is 1. The topological polar surface area (TPSA) is 43.8 Å². The molecule has 0 aliphatic carbocycles. The lowest BCUT2D eigenvalue weighted by molar-refractivity contribution is -0.131. The summed E-state index contributed by atoms with van der Waals surface area (Å²) in [5, 5.41) is 9.07. The van der Waals surface area contributed by atoms with Gasteiger partial charge in [-0.3, -0.25) is 4.79 Å². The minimum atomic E-state index is -0.0906. The molecule has 1 amide bonds. The molecule has 0 radical (unpaired) electrons. The zero-order chi connectivity index (χ0) is 9.84. The first-order chi connectivity index (χ1) is 6.19. The summed E-state index contributed by atoms with van der Waals surface area (Å²) in [4.78, 5) is 15.1. The van der Waals surface area contributed by atoms with E-state index in [-0.39, 0.29) is 18.6 Å². The van der Waals surface area contributed by atoms with Crippen molar-refractivity contribution in [3.8, 4) is 0 Å². The molecule has 0 saturated carbocycles. The van der Waals surface area contributed by atoms with Crippen molar-refractivity contribution in [3.05, 3.63) is 12.7 Å². The molecule has 0 spiro atoms. The summed E-state index contributed by atoms with van der Waals surface area (Å²) in [6.45, 7) is 5.72. The van der Waals surface area contributed by atoms with Crippen molar-refractivity contribution in [1.29, 1.82) is 0 Å². The number of hydrogen-bond acceptors (Lipinski definition) is 3. The van der Waals surface area contributed by atoms with Crippen LogP contribution in [0.2, 0.25) is 0 Å². The van der Waals surface area contributed by atoms with Crippen LogP contribution in [0.5, 0.6) is 0 Å². The molecule has 1 aliphatic rings. The maximum atomic E-state index is 11.3. The highest BCUT2D eigenvalue weighted by molar-refractivity contribution is 5.87. The van der Waals surface area contributed by atoms with E-state index < -0.39 is 0 Å². The van der Waals surface area contributed by atoms with Crippen LogP contribution >= 0.6 is 0 Å². The lowest BCUT2D eigenvalue weighted by atomic mass is 10.2. The second kappa shape index (κ2) is 4.39. The van der Waals surface area contributed by atoms with E-state index in [2.05, 4.69) is 11.5 Å². The molecule has 1 unspecified atom stereocenters. The van der Waals surface area contributed by atoms with Crippen LogP contribution < -0.4 is 0 Å². The number of rotatable bonds is 2. The highest BCUT2D eigenvalue weighted by Gasteiger charge is 2.26. The summed E-state index contributed by atoms with van der Waals surface area (Å²) < 4.78 is 0. The number of piperazine rings is 1. The van der Waals surface area contributed by atoms with Crippen molar-refractivity contribution in [2.24, 2.45) is 0 Å². The molecule has 0 aromatic rings. The van der Waals surface area contributed by atoms with Gasteiger partial charge in [0.05, 0.1) is 12.6 Å². The molecule has 0 aromatic heterocycles. The molecule has 1 heterocycles. The maximum Gasteiger partial charge on any atom is 0.246 e. The molecule has 74 valence electrons. The van der Waals surface area contributed by atoms with E-state index >= 15 is 0 Å². The number of nitrogens with zero attached hydrogens (tertiary/aromatic N) is 2. The Balaban J connectivity index is 2.62. The van der Waals surface area contributed by atoms with E-state index in [0.29, 0.717) is 6.54 Å². The fourth-order valence-corrected chi connectivity index (χ4v) is 1.57. The van der Waals surface area contributed by atoms with E-state index in [1.165, 1.54) is 6.08 Å². The van der Waals surface area contributed by atoms with Gasteiger partial charge in [0.25, 0.3) is 0 Å². The Hall–Kier alpha value is -0.870. The van der Waals surface area contributed by atoms with Crippen LogP contribution in [0.4, 0.5) is 0 Å². The minimum Gasteiger partial charge on any atom is -0.394 e. The van der Waals surface area contributed by atoms with Gasteiger partial charge in [0.1, 0.15) is 0 Å². The Labute approximate surface area is 78.4 Å². The molecule has 1 N–H and O–H groups in total. The van der Waals surface area contributed by atoms with Gasteiger partial charge >= 0.3 is 0 Å². The predicted octanol–water partition coefficient (Wildman–Crippen LogP) is -0.693. The van der Waals surface area contributed by atoms with Gasteiger partial charge in [-0.2, -0.15) is 0 Å². The molecule has 4 nitrogen and oxygen atoms in total. The quantitative estimate of drug-likeness (QED) is 0.578. The van der Waals surface area contributed by atoms with Crippen molar-refractivity contribution in [1.82, 2.24) is 9.80 Å². The van der Waals surface area contributed by atoms with Crippen LogP contribution in [-0.2, 0) is 4.79 Å². The summed E-state index contributed by atoms with van der Waals surface area (Å²) in [6.07, 6.45) is 1.30. The Bertz CT molecular complexity index is 206. The molecule has 13 heavy (non-hydrogen) atoms. The molecular weight excluding hydrogens is 168 g/mol. The third-order valence-corrected chi connectivity index (χ3v) is 2.35. The van der Waals surface area contributed by atoms with Crippen LogP contribution in [-0.4, -0.2) is 60.1 Å². The largest absolute Gasteiger partial charge is 0.394 e.